The lowest BCUT2D eigenvalue weighted by Gasteiger charge is -2.36. The molecule has 0 fully saturated rings. The summed E-state index contributed by atoms with van der Waals surface area (Å²) in [7, 11) is 0. The van der Waals surface area contributed by atoms with Crippen LogP contribution >= 0.6 is 23.2 Å². The Morgan fingerprint density at radius 1 is 0.357 bits per heavy atom. The largest absolute Gasteiger partial charge is 0.457 e. The topological polar surface area (TPSA) is 170 Å². The average Bonchev–Trinajstić information content (AvgIpc) is 0.672. The highest BCUT2D eigenvalue weighted by Crippen LogP contribution is 2.58. The second-order valence-corrected chi connectivity index (χ2v) is 27.4. The van der Waals surface area contributed by atoms with Crippen molar-refractivity contribution in [3.8, 4) is 46.0 Å². The van der Waals surface area contributed by atoms with Crippen LogP contribution < -0.4 is 29.6 Å². The summed E-state index contributed by atoms with van der Waals surface area (Å²) in [5.41, 5.74) is 5.02. The van der Waals surface area contributed by atoms with Gasteiger partial charge in [0.1, 0.15) is 58.1 Å². The first-order valence-electron chi connectivity index (χ1n) is 33.5. The fourth-order valence-corrected chi connectivity index (χ4v) is 13.9. The van der Waals surface area contributed by atoms with Crippen molar-refractivity contribution in [3.05, 3.63) is 224 Å². The Kier molecular flexibility index (Phi) is 18.3. The van der Waals surface area contributed by atoms with Gasteiger partial charge >= 0.3 is 0 Å². The molecule has 16 heteroatoms. The molecule has 14 nitrogen and oxygen atoms in total. The first-order chi connectivity index (χ1) is 47.1. The molecule has 2 N–H and O–H groups in total. The summed E-state index contributed by atoms with van der Waals surface area (Å²) in [4.78, 5) is 96.7. The molecule has 0 radical (unpaired) electrons. The molecule has 0 bridgehead atoms. The van der Waals surface area contributed by atoms with Crippen LogP contribution in [0.4, 0.5) is 11.4 Å². The number of ether oxygens (including phenoxy) is 4. The van der Waals surface area contributed by atoms with Gasteiger partial charge in [-0.2, -0.15) is 0 Å². The second kappa shape index (κ2) is 27.0. The SMILES string of the molecule is CCCC(C(=O)Nc1cccc(Cl)c1)N1C(=O)c2cc(Oc3ccc(C(C)C)cc3)c3c4c(Oc5ccc(C(C)C)cc5)cc5c6c(cc(Oc7ccc(C(C)C)cc7)c(c7c(Oc8ccc(C(C)C)cc8)cc(c2c37)C1=O)c64)C(=O)N(C(CCC)C(=O)Nc1cccc(Cl)c1)C5=O. The molecule has 13 rings (SSSR count). The maximum atomic E-state index is 16.2. The van der Waals surface area contributed by atoms with Gasteiger partial charge < -0.3 is 29.6 Å². The van der Waals surface area contributed by atoms with E-state index in [4.69, 9.17) is 42.1 Å². The maximum absolute atomic E-state index is 16.2. The van der Waals surface area contributed by atoms with E-state index < -0.39 is 47.5 Å². The molecule has 6 amide bonds. The Labute approximate surface area is 579 Å². The Hall–Kier alpha value is -10.3. The highest BCUT2D eigenvalue weighted by Gasteiger charge is 2.46. The molecule has 496 valence electrons. The summed E-state index contributed by atoms with van der Waals surface area (Å²) < 4.78 is 29.1. The van der Waals surface area contributed by atoms with Gasteiger partial charge in [-0.05, 0) is 168 Å². The van der Waals surface area contributed by atoms with Crippen LogP contribution in [0.1, 0.15) is 182 Å². The zero-order chi connectivity index (χ0) is 69.1. The fraction of sp³-hybridized carbons (Fsp3) is 0.244. The molecule has 11 aromatic rings. The third kappa shape index (κ3) is 12.3. The van der Waals surface area contributed by atoms with Crippen LogP contribution in [0.15, 0.2) is 170 Å². The highest BCUT2D eigenvalue weighted by molar-refractivity contribution is 6.45. The number of hydrogen-bond acceptors (Lipinski definition) is 10. The normalized spacial score (nSPS) is 13.7. The number of imide groups is 2. The van der Waals surface area contributed by atoms with Crippen LogP contribution in [-0.2, 0) is 9.59 Å². The minimum Gasteiger partial charge on any atom is -0.457 e. The van der Waals surface area contributed by atoms with Crippen LogP contribution in [0, 0.1) is 0 Å². The summed E-state index contributed by atoms with van der Waals surface area (Å²) in [6.07, 6.45) is 0.991. The van der Waals surface area contributed by atoms with Gasteiger partial charge in [-0.15, -0.1) is 0 Å². The van der Waals surface area contributed by atoms with E-state index in [0.29, 0.717) is 89.6 Å². The molecule has 2 aliphatic heterocycles. The molecule has 11 aromatic carbocycles. The van der Waals surface area contributed by atoms with E-state index in [2.05, 4.69) is 66.0 Å². The van der Waals surface area contributed by atoms with Crippen LogP contribution in [0.5, 0.6) is 46.0 Å². The predicted molar refractivity (Wildman–Crippen MR) is 389 cm³/mol. The number of benzene rings is 11. The number of rotatable bonds is 22. The summed E-state index contributed by atoms with van der Waals surface area (Å²) >= 11 is 12.9. The molecular weight excluding hydrogens is 1270 g/mol. The van der Waals surface area contributed by atoms with Crippen LogP contribution in [0.25, 0.3) is 43.1 Å². The van der Waals surface area contributed by atoms with Gasteiger partial charge in [-0.1, -0.05) is 166 Å². The Balaban J connectivity index is 1.19. The average molecular weight is 1350 g/mol. The van der Waals surface area contributed by atoms with Crippen molar-refractivity contribution in [2.24, 2.45) is 0 Å². The Bertz CT molecular complexity index is 4460. The van der Waals surface area contributed by atoms with Crippen LogP contribution in [-0.4, -0.2) is 57.3 Å². The quantitative estimate of drug-likeness (QED) is 0.0378. The van der Waals surface area contributed by atoms with Crippen LogP contribution in [0.2, 0.25) is 10.0 Å². The number of hydrogen-bond donors (Lipinski definition) is 2. The molecule has 2 aliphatic rings. The number of anilines is 2. The van der Waals surface area contributed by atoms with E-state index in [-0.39, 0.29) is 92.5 Å². The van der Waals surface area contributed by atoms with Gasteiger partial charge in [0.15, 0.2) is 0 Å². The molecule has 0 saturated heterocycles. The summed E-state index contributed by atoms with van der Waals surface area (Å²) in [6, 6.07) is 47.5. The number of nitrogens with zero attached hydrogens (tertiary/aromatic N) is 2. The lowest BCUT2D eigenvalue weighted by atomic mass is 9.80. The second-order valence-electron chi connectivity index (χ2n) is 26.6. The zero-order valence-corrected chi connectivity index (χ0v) is 57.7. The van der Waals surface area contributed by atoms with Crippen molar-refractivity contribution in [3.63, 3.8) is 0 Å². The van der Waals surface area contributed by atoms with Crippen molar-refractivity contribution in [2.45, 2.75) is 131 Å². The van der Waals surface area contributed by atoms with Crippen molar-refractivity contribution >= 4 is 113 Å². The fourth-order valence-electron chi connectivity index (χ4n) is 13.5. The third-order valence-electron chi connectivity index (χ3n) is 18.6. The lowest BCUT2D eigenvalue weighted by molar-refractivity contribution is -0.120. The summed E-state index contributed by atoms with van der Waals surface area (Å²) in [5.74, 6) is -1.68. The van der Waals surface area contributed by atoms with E-state index >= 15 is 19.2 Å². The number of fused-ring (bicyclic) bond motifs is 2. The zero-order valence-electron chi connectivity index (χ0n) is 56.2. The molecule has 2 heterocycles. The van der Waals surface area contributed by atoms with Crippen molar-refractivity contribution in [2.75, 3.05) is 10.6 Å². The van der Waals surface area contributed by atoms with E-state index in [1.807, 2.05) is 111 Å². The minimum absolute atomic E-state index is 0.0319. The number of amides is 6. The molecular formula is C82H74Cl2N4O10. The predicted octanol–water partition coefficient (Wildman–Crippen LogP) is 21.5. The number of nitrogens with one attached hydrogen (secondary N) is 2. The summed E-state index contributed by atoms with van der Waals surface area (Å²) in [5, 5.41) is 8.91. The smallest absolute Gasteiger partial charge is 0.262 e. The third-order valence-corrected chi connectivity index (χ3v) is 19.1. The molecule has 0 spiro atoms. The monoisotopic (exact) mass is 1340 g/mol. The maximum Gasteiger partial charge on any atom is 0.262 e. The standard InChI is InChI=1S/C82H74Cl2N4O10/c1-11-15-63(77(89)85-53-19-13-17-51(83)37-53)87-79(91)59-39-65(95-55-29-21-47(22-30-55)43(3)4)71-73-67(97-57-33-25-49(26-34-57)45(7)8)41-61-70-62(82(94)88(81(61)93)64(16-12-2)78(90)86-54-20-14-18-52(84)38-54)42-68(98-58-35-27-50(28-36-58)46(9)10)74(76(70)73)72-66(40-60(80(87)92)69(59)75(71)72)96-56-31-23-48(24-32-56)44(5)6/h13-14,17-46,63-64H,11-12,15-16H2,1-10H3,(H,85,89)(H,86,90). The van der Waals surface area contributed by atoms with Crippen molar-refractivity contribution < 1.29 is 47.7 Å². The first kappa shape index (κ1) is 66.3. The van der Waals surface area contributed by atoms with Gasteiger partial charge in [0, 0.05) is 64.5 Å². The van der Waals surface area contributed by atoms with Gasteiger partial charge in [-0.25, -0.2) is 0 Å². The van der Waals surface area contributed by atoms with E-state index in [1.165, 1.54) is 0 Å². The van der Waals surface area contributed by atoms with E-state index in [0.717, 1.165) is 32.1 Å². The van der Waals surface area contributed by atoms with E-state index in [9.17, 15) is 9.59 Å². The first-order valence-corrected chi connectivity index (χ1v) is 34.2. The number of halogens is 2. The molecule has 98 heavy (non-hydrogen) atoms. The Morgan fingerprint density at radius 3 is 0.837 bits per heavy atom. The van der Waals surface area contributed by atoms with Crippen molar-refractivity contribution in [1.29, 1.82) is 0 Å². The van der Waals surface area contributed by atoms with Gasteiger partial charge in [-0.3, -0.25) is 38.6 Å². The van der Waals surface area contributed by atoms with Crippen molar-refractivity contribution in [1.82, 2.24) is 9.80 Å². The molecule has 2 atom stereocenters. The Morgan fingerprint density at radius 2 is 0.612 bits per heavy atom. The number of carbonyl (C=O) groups is 6. The van der Waals surface area contributed by atoms with Gasteiger partial charge in [0.05, 0.1) is 22.3 Å². The highest BCUT2D eigenvalue weighted by atomic mass is 35.5. The van der Waals surface area contributed by atoms with Crippen LogP contribution in [0.3, 0.4) is 0 Å². The van der Waals surface area contributed by atoms with Gasteiger partial charge in [0.2, 0.25) is 11.8 Å². The van der Waals surface area contributed by atoms with Gasteiger partial charge in [0.25, 0.3) is 23.6 Å². The molecule has 2 unspecified atom stereocenters. The minimum atomic E-state index is -1.33. The number of carbonyl (C=O) groups excluding carboxylic acids is 6. The molecule has 0 aromatic heterocycles. The van der Waals surface area contributed by atoms with E-state index in [1.54, 1.807) is 72.8 Å². The lowest BCUT2D eigenvalue weighted by Crippen LogP contribution is -2.52. The molecule has 0 aliphatic carbocycles. The summed E-state index contributed by atoms with van der Waals surface area (Å²) in [6.45, 7) is 20.5. The molecule has 0 saturated carbocycles.